The smallest absolute Gasteiger partial charge is 0.263 e. The van der Waals surface area contributed by atoms with Crippen LogP contribution in [-0.4, -0.2) is 30.7 Å². The molecule has 0 saturated carbocycles. The molecular formula is C14H25N3O2. The fourth-order valence-corrected chi connectivity index (χ4v) is 1.22. The van der Waals surface area contributed by atoms with Crippen LogP contribution in [0.25, 0.3) is 0 Å². The van der Waals surface area contributed by atoms with Gasteiger partial charge in [0.15, 0.2) is 0 Å². The van der Waals surface area contributed by atoms with E-state index in [9.17, 15) is 4.79 Å². The first-order valence-electron chi connectivity index (χ1n) is 6.54. The van der Waals surface area contributed by atoms with Crippen molar-refractivity contribution >= 4 is 5.91 Å². The van der Waals surface area contributed by atoms with Gasteiger partial charge in [0.25, 0.3) is 5.91 Å². The number of carbonyl (C=O) groups excluding carboxylic acids is 1. The molecular weight excluding hydrogens is 242 g/mol. The van der Waals surface area contributed by atoms with E-state index in [1.165, 1.54) is 6.20 Å². The molecule has 5 heteroatoms. The second kappa shape index (κ2) is 8.54. The maximum absolute atomic E-state index is 11.7. The first kappa shape index (κ1) is 17.5. The van der Waals surface area contributed by atoms with Gasteiger partial charge in [0.1, 0.15) is 11.6 Å². The molecule has 2 N–H and O–H groups in total. The molecule has 0 aromatic heterocycles. The second-order valence-corrected chi connectivity index (χ2v) is 5.60. The molecule has 0 atom stereocenters. The second-order valence-electron chi connectivity index (χ2n) is 5.60. The number of carbonyl (C=O) groups is 1. The molecule has 1 amide bonds. The Kier molecular flexibility index (Phi) is 7.85. The molecule has 0 radical (unpaired) electrons. The van der Waals surface area contributed by atoms with E-state index in [-0.39, 0.29) is 23.1 Å². The molecule has 0 aromatic carbocycles. The average molecular weight is 267 g/mol. The zero-order valence-electron chi connectivity index (χ0n) is 12.5. The van der Waals surface area contributed by atoms with Crippen molar-refractivity contribution < 1.29 is 9.53 Å². The van der Waals surface area contributed by atoms with Gasteiger partial charge in [-0.25, -0.2) is 0 Å². The van der Waals surface area contributed by atoms with Crippen LogP contribution in [0.15, 0.2) is 11.8 Å². The minimum atomic E-state index is -0.360. The van der Waals surface area contributed by atoms with E-state index in [1.807, 2.05) is 40.7 Å². The number of nitriles is 1. The maximum Gasteiger partial charge on any atom is 0.263 e. The summed E-state index contributed by atoms with van der Waals surface area (Å²) in [7, 11) is 0. The van der Waals surface area contributed by atoms with Crippen LogP contribution in [0, 0.1) is 11.3 Å². The van der Waals surface area contributed by atoms with Crippen LogP contribution in [0.2, 0.25) is 0 Å². The fourth-order valence-electron chi connectivity index (χ4n) is 1.22. The quantitative estimate of drug-likeness (QED) is 0.418. The standard InChI is InChI=1S/C14H25N3O2/c1-11(2)19-8-6-7-16-10-12(9-15)13(18)17-14(3,4)5/h10-11,16H,6-8H2,1-5H3,(H,17,18)/b12-10-. The van der Waals surface area contributed by atoms with Gasteiger partial charge in [0.05, 0.1) is 6.10 Å². The molecule has 5 nitrogen and oxygen atoms in total. The Morgan fingerprint density at radius 1 is 1.42 bits per heavy atom. The normalized spacial score (nSPS) is 12.2. The molecule has 0 saturated heterocycles. The molecule has 0 rings (SSSR count). The highest BCUT2D eigenvalue weighted by Gasteiger charge is 2.16. The zero-order chi connectivity index (χ0) is 14.9. The molecule has 0 bridgehead atoms. The third-order valence-electron chi connectivity index (χ3n) is 2.02. The first-order chi connectivity index (χ1) is 8.76. The first-order valence-corrected chi connectivity index (χ1v) is 6.54. The topological polar surface area (TPSA) is 74.1 Å². The summed E-state index contributed by atoms with van der Waals surface area (Å²) in [5.41, 5.74) is -0.266. The fraction of sp³-hybridized carbons (Fsp3) is 0.714. The molecule has 0 spiro atoms. The summed E-state index contributed by atoms with van der Waals surface area (Å²) in [6.45, 7) is 10.9. The Balaban J connectivity index is 4.07. The lowest BCUT2D eigenvalue weighted by Gasteiger charge is -2.20. The van der Waals surface area contributed by atoms with Gasteiger partial charge in [-0.1, -0.05) is 0 Å². The van der Waals surface area contributed by atoms with Gasteiger partial charge < -0.3 is 15.4 Å². The van der Waals surface area contributed by atoms with Crippen LogP contribution in [0.1, 0.15) is 41.0 Å². The summed E-state index contributed by atoms with van der Waals surface area (Å²) in [6.07, 6.45) is 2.51. The molecule has 0 aliphatic carbocycles. The van der Waals surface area contributed by atoms with Crippen LogP contribution in [0.4, 0.5) is 0 Å². The Labute approximate surface area is 116 Å². The highest BCUT2D eigenvalue weighted by atomic mass is 16.5. The van der Waals surface area contributed by atoms with Gasteiger partial charge >= 0.3 is 0 Å². The molecule has 19 heavy (non-hydrogen) atoms. The summed E-state index contributed by atoms with van der Waals surface area (Å²) in [4.78, 5) is 11.7. The van der Waals surface area contributed by atoms with E-state index >= 15 is 0 Å². The summed E-state index contributed by atoms with van der Waals surface area (Å²) < 4.78 is 5.38. The van der Waals surface area contributed by atoms with Gasteiger partial charge in [0, 0.05) is 24.9 Å². The Bertz CT molecular complexity index is 349. The van der Waals surface area contributed by atoms with Crippen LogP contribution >= 0.6 is 0 Å². The van der Waals surface area contributed by atoms with Crippen LogP contribution in [0.5, 0.6) is 0 Å². The van der Waals surface area contributed by atoms with E-state index in [4.69, 9.17) is 10.00 Å². The minimum Gasteiger partial charge on any atom is -0.390 e. The van der Waals surface area contributed by atoms with Crippen molar-refractivity contribution in [3.05, 3.63) is 11.8 Å². The molecule has 0 aliphatic heterocycles. The lowest BCUT2D eigenvalue weighted by molar-refractivity contribution is -0.118. The zero-order valence-corrected chi connectivity index (χ0v) is 12.5. The third-order valence-corrected chi connectivity index (χ3v) is 2.02. The lowest BCUT2D eigenvalue weighted by Crippen LogP contribution is -2.41. The highest BCUT2D eigenvalue weighted by Crippen LogP contribution is 2.01. The Morgan fingerprint density at radius 2 is 2.05 bits per heavy atom. The number of nitrogens with zero attached hydrogens (tertiary/aromatic N) is 1. The summed E-state index contributed by atoms with van der Waals surface area (Å²) in [6, 6.07) is 1.89. The van der Waals surface area contributed by atoms with E-state index in [2.05, 4.69) is 10.6 Å². The monoisotopic (exact) mass is 267 g/mol. The number of hydrogen-bond acceptors (Lipinski definition) is 4. The maximum atomic E-state index is 11.7. The molecule has 0 aliphatic rings. The van der Waals surface area contributed by atoms with Gasteiger partial charge in [0.2, 0.25) is 0 Å². The molecule has 0 aromatic rings. The number of nitrogens with one attached hydrogen (secondary N) is 2. The number of ether oxygens (including phenoxy) is 1. The van der Waals surface area contributed by atoms with E-state index in [1.54, 1.807) is 0 Å². The third kappa shape index (κ3) is 10.1. The molecule has 0 fully saturated rings. The molecule has 0 unspecified atom stereocenters. The lowest BCUT2D eigenvalue weighted by atomic mass is 10.1. The highest BCUT2D eigenvalue weighted by molar-refractivity contribution is 5.97. The van der Waals surface area contributed by atoms with Gasteiger partial charge in [-0.05, 0) is 41.0 Å². The summed E-state index contributed by atoms with van der Waals surface area (Å²) >= 11 is 0. The van der Waals surface area contributed by atoms with E-state index < -0.39 is 0 Å². The van der Waals surface area contributed by atoms with Crippen LogP contribution in [-0.2, 0) is 9.53 Å². The largest absolute Gasteiger partial charge is 0.390 e. The predicted octanol–water partition coefficient (Wildman–Crippen LogP) is 1.71. The Morgan fingerprint density at radius 3 is 2.53 bits per heavy atom. The van der Waals surface area contributed by atoms with Crippen molar-refractivity contribution in [2.75, 3.05) is 13.2 Å². The summed E-state index contributed by atoms with van der Waals surface area (Å²) in [5.74, 6) is -0.360. The number of hydrogen-bond donors (Lipinski definition) is 2. The van der Waals surface area contributed by atoms with Crippen LogP contribution < -0.4 is 10.6 Å². The SMILES string of the molecule is CC(C)OCCCN/C=C(/C#N)C(=O)NC(C)(C)C. The van der Waals surface area contributed by atoms with Gasteiger partial charge in [-0.15, -0.1) is 0 Å². The number of amides is 1. The van der Waals surface area contributed by atoms with Crippen molar-refractivity contribution in [1.82, 2.24) is 10.6 Å². The van der Waals surface area contributed by atoms with Gasteiger partial charge in [-0.2, -0.15) is 5.26 Å². The van der Waals surface area contributed by atoms with Crippen molar-refractivity contribution in [3.8, 4) is 6.07 Å². The summed E-state index contributed by atoms with van der Waals surface area (Å²) in [5, 5.41) is 14.6. The predicted molar refractivity (Wildman–Crippen MR) is 75.3 cm³/mol. The van der Waals surface area contributed by atoms with Crippen molar-refractivity contribution in [2.45, 2.75) is 52.7 Å². The van der Waals surface area contributed by atoms with E-state index in [0.29, 0.717) is 13.2 Å². The molecule has 0 heterocycles. The van der Waals surface area contributed by atoms with Crippen molar-refractivity contribution in [2.24, 2.45) is 0 Å². The molecule has 108 valence electrons. The van der Waals surface area contributed by atoms with Gasteiger partial charge in [-0.3, -0.25) is 4.79 Å². The van der Waals surface area contributed by atoms with Crippen molar-refractivity contribution in [1.29, 1.82) is 5.26 Å². The minimum absolute atomic E-state index is 0.0831. The Hall–Kier alpha value is -1.54. The average Bonchev–Trinajstić information content (AvgIpc) is 2.25. The van der Waals surface area contributed by atoms with Crippen LogP contribution in [0.3, 0.4) is 0 Å². The van der Waals surface area contributed by atoms with Crippen molar-refractivity contribution in [3.63, 3.8) is 0 Å². The number of rotatable bonds is 7. The van der Waals surface area contributed by atoms with E-state index in [0.717, 1.165) is 6.42 Å².